The Labute approximate surface area is 382 Å². The van der Waals surface area contributed by atoms with Crippen LogP contribution in [0.3, 0.4) is 0 Å². The van der Waals surface area contributed by atoms with E-state index in [0.29, 0.717) is 63.0 Å². The number of likely N-dealkylation sites (tertiary alicyclic amines) is 2. The number of ether oxygens (including phenoxy) is 1. The Bertz CT molecular complexity index is 2190. The van der Waals surface area contributed by atoms with E-state index in [4.69, 9.17) is 4.74 Å². The SMILES string of the molecule is CCCC(=O)N[C@H](C(=O)N1CCC[C@H]1C(=O)Nc1ccc([C@H]2CC[C@H](c3ccc(NC(=O)[C@@H]4CCCN4C(=O)[C@@H](NC(=O)OC)C(C)(C)C)cc3)N2c2ccc(F)cc2)cc1)C(C)(C)C. The number of methoxy groups -OCH3 is 1. The monoisotopic (exact) mass is 896 g/mol. The van der Waals surface area contributed by atoms with Gasteiger partial charge in [0.2, 0.25) is 29.5 Å². The predicted molar refractivity (Wildman–Crippen MR) is 248 cm³/mol. The summed E-state index contributed by atoms with van der Waals surface area (Å²) < 4.78 is 19.0. The summed E-state index contributed by atoms with van der Waals surface area (Å²) in [5.41, 5.74) is 2.87. The van der Waals surface area contributed by atoms with Gasteiger partial charge in [-0.3, -0.25) is 24.0 Å². The molecule has 3 fully saturated rings. The maximum absolute atomic E-state index is 14.2. The molecule has 350 valence electrons. The Kier molecular flexibility index (Phi) is 15.3. The number of benzene rings is 3. The van der Waals surface area contributed by atoms with Crippen molar-refractivity contribution in [3.8, 4) is 0 Å². The van der Waals surface area contributed by atoms with Crippen molar-refractivity contribution < 1.29 is 37.9 Å². The summed E-state index contributed by atoms with van der Waals surface area (Å²) in [5.74, 6) is -1.69. The second-order valence-corrected chi connectivity index (χ2v) is 19.6. The van der Waals surface area contributed by atoms with Crippen LogP contribution in [0.25, 0.3) is 0 Å². The topological polar surface area (TPSA) is 169 Å². The van der Waals surface area contributed by atoms with Crippen LogP contribution < -0.4 is 26.2 Å². The average Bonchev–Trinajstić information content (AvgIpc) is 4.06. The molecule has 65 heavy (non-hydrogen) atoms. The molecule has 0 aromatic heterocycles. The van der Waals surface area contributed by atoms with Crippen molar-refractivity contribution >= 4 is 52.7 Å². The summed E-state index contributed by atoms with van der Waals surface area (Å²) in [6, 6.07) is 18.6. The fraction of sp³-hybridized carbons (Fsp3) is 0.520. The van der Waals surface area contributed by atoms with Gasteiger partial charge in [0.05, 0.1) is 19.2 Å². The normalized spacial score (nSPS) is 20.8. The maximum atomic E-state index is 14.2. The minimum atomic E-state index is -0.882. The Morgan fingerprint density at radius 2 is 1.08 bits per heavy atom. The van der Waals surface area contributed by atoms with Crippen LogP contribution in [0, 0.1) is 16.6 Å². The van der Waals surface area contributed by atoms with Crippen molar-refractivity contribution in [1.29, 1.82) is 0 Å². The van der Waals surface area contributed by atoms with Gasteiger partial charge in [-0.15, -0.1) is 0 Å². The molecule has 0 spiro atoms. The highest BCUT2D eigenvalue weighted by Gasteiger charge is 2.44. The van der Waals surface area contributed by atoms with Crippen molar-refractivity contribution in [2.24, 2.45) is 10.8 Å². The number of hydrogen-bond donors (Lipinski definition) is 4. The van der Waals surface area contributed by atoms with Gasteiger partial charge in [0.1, 0.15) is 30.0 Å². The van der Waals surface area contributed by atoms with E-state index >= 15 is 0 Å². The maximum Gasteiger partial charge on any atom is 0.407 e. The quantitative estimate of drug-likeness (QED) is 0.134. The number of alkyl carbamates (subject to hydrolysis) is 1. The van der Waals surface area contributed by atoms with Gasteiger partial charge in [0.15, 0.2) is 0 Å². The molecule has 3 aliphatic rings. The number of rotatable bonds is 13. The largest absolute Gasteiger partial charge is 0.453 e. The lowest BCUT2D eigenvalue weighted by molar-refractivity contribution is -0.142. The molecule has 3 heterocycles. The van der Waals surface area contributed by atoms with Crippen LogP contribution in [0.15, 0.2) is 72.8 Å². The predicted octanol–water partition coefficient (Wildman–Crippen LogP) is 7.87. The van der Waals surface area contributed by atoms with Gasteiger partial charge in [-0.2, -0.15) is 0 Å². The molecule has 3 aromatic rings. The number of carbonyl (C=O) groups excluding carboxylic acids is 6. The van der Waals surface area contributed by atoms with Gasteiger partial charge in [0.25, 0.3) is 0 Å². The molecule has 0 bridgehead atoms. The average molecular weight is 896 g/mol. The Morgan fingerprint density at radius 1 is 0.646 bits per heavy atom. The van der Waals surface area contributed by atoms with Crippen LogP contribution in [0.1, 0.15) is 123 Å². The van der Waals surface area contributed by atoms with Crippen LogP contribution in [-0.4, -0.2) is 89.8 Å². The lowest BCUT2D eigenvalue weighted by Crippen LogP contribution is -2.57. The molecule has 3 aliphatic heterocycles. The van der Waals surface area contributed by atoms with Gasteiger partial charge >= 0.3 is 6.09 Å². The molecular weight excluding hydrogens is 830 g/mol. The first-order valence-electron chi connectivity index (χ1n) is 22.9. The van der Waals surface area contributed by atoms with E-state index in [1.807, 2.05) is 97.0 Å². The third kappa shape index (κ3) is 11.5. The number of nitrogens with zero attached hydrogens (tertiary/aromatic N) is 3. The second kappa shape index (κ2) is 20.5. The van der Waals surface area contributed by atoms with Crippen molar-refractivity contribution in [1.82, 2.24) is 20.4 Å². The van der Waals surface area contributed by atoms with Crippen LogP contribution in [0.5, 0.6) is 0 Å². The molecule has 14 nitrogen and oxygen atoms in total. The van der Waals surface area contributed by atoms with E-state index in [0.717, 1.165) is 29.7 Å². The number of nitrogens with one attached hydrogen (secondary N) is 4. The summed E-state index contributed by atoms with van der Waals surface area (Å²) in [4.78, 5) is 85.1. The third-order valence-electron chi connectivity index (χ3n) is 12.8. The smallest absolute Gasteiger partial charge is 0.407 e. The molecule has 0 radical (unpaired) electrons. The zero-order valence-corrected chi connectivity index (χ0v) is 39.0. The summed E-state index contributed by atoms with van der Waals surface area (Å²) in [6.07, 6.45) is 4.21. The molecule has 6 atom stereocenters. The van der Waals surface area contributed by atoms with Gasteiger partial charge in [-0.05, 0) is 115 Å². The molecule has 0 unspecified atom stereocenters. The van der Waals surface area contributed by atoms with E-state index in [1.54, 1.807) is 21.9 Å². The lowest BCUT2D eigenvalue weighted by atomic mass is 9.85. The van der Waals surface area contributed by atoms with Crippen LogP contribution in [0.2, 0.25) is 0 Å². The summed E-state index contributed by atoms with van der Waals surface area (Å²) >= 11 is 0. The molecular formula is C50H66FN7O7. The molecule has 6 amide bonds. The number of anilines is 3. The van der Waals surface area contributed by atoms with Crippen LogP contribution >= 0.6 is 0 Å². The van der Waals surface area contributed by atoms with Gasteiger partial charge in [-0.1, -0.05) is 72.7 Å². The molecule has 0 aliphatic carbocycles. The molecule has 0 saturated carbocycles. The van der Waals surface area contributed by atoms with E-state index in [1.165, 1.54) is 19.2 Å². The molecule has 3 aromatic carbocycles. The highest BCUT2D eigenvalue weighted by Crippen LogP contribution is 2.47. The van der Waals surface area contributed by atoms with Crippen molar-refractivity contribution in [2.45, 2.75) is 136 Å². The fourth-order valence-electron chi connectivity index (χ4n) is 9.34. The number of hydrogen-bond acceptors (Lipinski definition) is 8. The zero-order chi connectivity index (χ0) is 47.2. The Morgan fingerprint density at radius 3 is 1.48 bits per heavy atom. The summed E-state index contributed by atoms with van der Waals surface area (Å²) in [5, 5.41) is 11.6. The molecule has 15 heteroatoms. The van der Waals surface area contributed by atoms with Crippen LogP contribution in [0.4, 0.5) is 26.2 Å². The highest BCUT2D eigenvalue weighted by molar-refractivity contribution is 6.00. The van der Waals surface area contributed by atoms with Gasteiger partial charge in [-0.25, -0.2) is 9.18 Å². The van der Waals surface area contributed by atoms with Crippen molar-refractivity contribution in [3.63, 3.8) is 0 Å². The van der Waals surface area contributed by atoms with Crippen LogP contribution in [-0.2, 0) is 28.7 Å². The number of halogens is 1. The summed E-state index contributed by atoms with van der Waals surface area (Å²) in [6.45, 7) is 14.0. The van der Waals surface area contributed by atoms with E-state index < -0.39 is 41.1 Å². The molecule has 4 N–H and O–H groups in total. The van der Waals surface area contributed by atoms with E-state index in [2.05, 4.69) is 26.2 Å². The second-order valence-electron chi connectivity index (χ2n) is 19.6. The highest BCUT2D eigenvalue weighted by atomic mass is 19.1. The minimum absolute atomic E-state index is 0.0775. The standard InChI is InChI=1S/C50H66FN7O7/c1-9-12-41(59)54-42(49(2,3)4)46(62)56-29-10-13-39(56)44(60)52-34-21-15-31(16-22-34)37-27-28-38(58(37)36-25-19-33(51)20-26-36)32-17-23-35(24-18-32)53-45(61)40-14-11-30-57(40)47(63)43(50(5,6)7)55-48(64)65-8/h15-26,37-40,42-43H,9-14,27-30H2,1-8H3,(H,52,60)(H,53,61)(H,54,59)(H,55,64)/t37-,38-,39+,40+,42-,43-/m1/s1. The number of amides is 6. The Hall–Kier alpha value is -5.99. The zero-order valence-electron chi connectivity index (χ0n) is 39.0. The first-order valence-corrected chi connectivity index (χ1v) is 22.9. The van der Waals surface area contributed by atoms with Gasteiger partial charge < -0.3 is 40.7 Å². The first-order chi connectivity index (χ1) is 30.8. The third-order valence-corrected chi connectivity index (χ3v) is 12.8. The fourth-order valence-corrected chi connectivity index (χ4v) is 9.34. The summed E-state index contributed by atoms with van der Waals surface area (Å²) in [7, 11) is 1.24. The lowest BCUT2D eigenvalue weighted by Gasteiger charge is -2.35. The minimum Gasteiger partial charge on any atom is -0.453 e. The number of carbonyl (C=O) groups is 6. The molecule has 3 saturated heterocycles. The molecule has 6 rings (SSSR count). The van der Waals surface area contributed by atoms with Crippen molar-refractivity contribution in [3.05, 3.63) is 89.7 Å². The van der Waals surface area contributed by atoms with E-state index in [9.17, 15) is 33.2 Å². The van der Waals surface area contributed by atoms with Gasteiger partial charge in [0, 0.05) is 36.6 Å². The van der Waals surface area contributed by atoms with E-state index in [-0.39, 0.29) is 47.4 Å². The van der Waals surface area contributed by atoms with Crippen molar-refractivity contribution in [2.75, 3.05) is 35.7 Å². The first kappa shape index (κ1) is 48.5. The Balaban J connectivity index is 1.14.